The first-order valence-corrected chi connectivity index (χ1v) is 8.12. The maximum absolute atomic E-state index is 12.5. The highest BCUT2D eigenvalue weighted by atomic mass is 16.5. The highest BCUT2D eigenvalue weighted by molar-refractivity contribution is 6.04. The number of amides is 1. The Morgan fingerprint density at radius 2 is 1.93 bits per heavy atom. The number of hydrogen-bond donors (Lipinski definition) is 2. The number of aromatic amines is 1. The molecule has 27 heavy (non-hydrogen) atoms. The van der Waals surface area contributed by atoms with Gasteiger partial charge >= 0.3 is 5.97 Å². The molecule has 0 bridgehead atoms. The van der Waals surface area contributed by atoms with Gasteiger partial charge in [-0.15, -0.1) is 0 Å². The summed E-state index contributed by atoms with van der Waals surface area (Å²) < 4.78 is 5.22. The van der Waals surface area contributed by atoms with Gasteiger partial charge in [0.2, 0.25) is 5.56 Å². The van der Waals surface area contributed by atoms with Crippen LogP contribution in [0.4, 0.5) is 5.69 Å². The van der Waals surface area contributed by atoms with Gasteiger partial charge in [0, 0.05) is 22.7 Å². The fourth-order valence-electron chi connectivity index (χ4n) is 2.56. The van der Waals surface area contributed by atoms with Crippen LogP contribution in [0.3, 0.4) is 0 Å². The molecule has 1 amide bonds. The Hall–Kier alpha value is -3.92. The molecule has 3 aromatic rings. The van der Waals surface area contributed by atoms with E-state index in [1.165, 1.54) is 13.0 Å². The lowest BCUT2D eigenvalue weighted by Crippen LogP contribution is -2.30. The molecule has 3 rings (SSSR count). The molecule has 2 N–H and O–H groups in total. The van der Waals surface area contributed by atoms with E-state index in [0.29, 0.717) is 22.2 Å². The second-order valence-corrected chi connectivity index (χ2v) is 5.82. The number of anilines is 1. The lowest BCUT2D eigenvalue weighted by Gasteiger charge is -2.14. The van der Waals surface area contributed by atoms with Crippen molar-refractivity contribution in [3.05, 3.63) is 76.1 Å². The smallest absolute Gasteiger partial charge is 0.339 e. The number of pyridine rings is 1. The molecular formula is C20H15N3O4. The highest BCUT2D eigenvalue weighted by Gasteiger charge is 2.21. The molecule has 0 saturated carbocycles. The number of carbonyl (C=O) groups excluding carboxylic acids is 2. The van der Waals surface area contributed by atoms with Gasteiger partial charge in [0.1, 0.15) is 0 Å². The second-order valence-electron chi connectivity index (χ2n) is 5.82. The molecule has 0 spiro atoms. The number of nitrogens with one attached hydrogen (secondary N) is 2. The van der Waals surface area contributed by atoms with E-state index < -0.39 is 23.5 Å². The van der Waals surface area contributed by atoms with E-state index in [1.807, 2.05) is 6.07 Å². The van der Waals surface area contributed by atoms with Crippen molar-refractivity contribution in [3.63, 3.8) is 0 Å². The third-order valence-corrected chi connectivity index (χ3v) is 3.88. The highest BCUT2D eigenvalue weighted by Crippen LogP contribution is 2.17. The Labute approximate surface area is 154 Å². The lowest BCUT2D eigenvalue weighted by atomic mass is 10.1. The number of rotatable bonds is 4. The van der Waals surface area contributed by atoms with Gasteiger partial charge in [-0.05, 0) is 31.2 Å². The topological polar surface area (TPSA) is 112 Å². The number of aromatic nitrogens is 1. The van der Waals surface area contributed by atoms with Crippen LogP contribution < -0.4 is 10.9 Å². The summed E-state index contributed by atoms with van der Waals surface area (Å²) in [4.78, 5) is 39.1. The summed E-state index contributed by atoms with van der Waals surface area (Å²) in [5, 5.41) is 12.0. The van der Waals surface area contributed by atoms with Crippen LogP contribution in [-0.2, 0) is 9.53 Å². The monoisotopic (exact) mass is 361 g/mol. The predicted molar refractivity (Wildman–Crippen MR) is 99.2 cm³/mol. The normalized spacial score (nSPS) is 11.4. The van der Waals surface area contributed by atoms with Gasteiger partial charge in [0.05, 0.1) is 17.2 Å². The van der Waals surface area contributed by atoms with E-state index in [4.69, 9.17) is 10.00 Å². The van der Waals surface area contributed by atoms with Crippen LogP contribution in [0, 0.1) is 11.3 Å². The van der Waals surface area contributed by atoms with E-state index in [9.17, 15) is 14.4 Å². The number of nitriles is 1. The van der Waals surface area contributed by atoms with E-state index in [1.54, 1.807) is 42.5 Å². The zero-order valence-electron chi connectivity index (χ0n) is 14.4. The summed E-state index contributed by atoms with van der Waals surface area (Å²) >= 11 is 0. The first-order chi connectivity index (χ1) is 13.0. The van der Waals surface area contributed by atoms with Crippen LogP contribution >= 0.6 is 0 Å². The van der Waals surface area contributed by atoms with Gasteiger partial charge in [-0.2, -0.15) is 5.26 Å². The minimum Gasteiger partial charge on any atom is -0.449 e. The fraction of sp³-hybridized carbons (Fsp3) is 0.100. The molecule has 1 aromatic heterocycles. The first kappa shape index (κ1) is 17.9. The van der Waals surface area contributed by atoms with Crippen LogP contribution in [0.15, 0.2) is 59.4 Å². The number of hydrogen-bond acceptors (Lipinski definition) is 5. The molecule has 0 aliphatic rings. The Balaban J connectivity index is 1.77. The minimum atomic E-state index is -1.10. The molecule has 0 aliphatic carbocycles. The maximum Gasteiger partial charge on any atom is 0.339 e. The standard InChI is InChI=1S/C20H15N3O4/c1-12(19(25)22-14-6-4-5-13(9-14)11-21)27-20(26)16-10-18(24)23-17-8-3-2-7-15(16)17/h2-10,12H,1H3,(H,22,25)(H,23,24). The molecule has 1 atom stereocenters. The summed E-state index contributed by atoms with van der Waals surface area (Å²) in [5.41, 5.74) is 0.963. The zero-order chi connectivity index (χ0) is 19.4. The zero-order valence-corrected chi connectivity index (χ0v) is 14.4. The molecule has 1 heterocycles. The number of benzene rings is 2. The third-order valence-electron chi connectivity index (χ3n) is 3.88. The summed E-state index contributed by atoms with van der Waals surface area (Å²) in [7, 11) is 0. The maximum atomic E-state index is 12.5. The van der Waals surface area contributed by atoms with Crippen molar-refractivity contribution in [2.75, 3.05) is 5.32 Å². The number of H-pyrrole nitrogens is 1. The SMILES string of the molecule is CC(OC(=O)c1cc(=O)[nH]c2ccccc12)C(=O)Nc1cccc(C#N)c1. The molecule has 0 aliphatic heterocycles. The Morgan fingerprint density at radius 1 is 1.15 bits per heavy atom. The van der Waals surface area contributed by atoms with E-state index >= 15 is 0 Å². The largest absolute Gasteiger partial charge is 0.449 e. The van der Waals surface area contributed by atoms with Gasteiger partial charge in [0.15, 0.2) is 6.10 Å². The Morgan fingerprint density at radius 3 is 2.70 bits per heavy atom. The van der Waals surface area contributed by atoms with Crippen molar-refractivity contribution in [3.8, 4) is 6.07 Å². The van der Waals surface area contributed by atoms with Crippen LogP contribution in [0.1, 0.15) is 22.8 Å². The first-order valence-electron chi connectivity index (χ1n) is 8.12. The van der Waals surface area contributed by atoms with Gasteiger partial charge in [0.25, 0.3) is 5.91 Å². The van der Waals surface area contributed by atoms with Gasteiger partial charge < -0.3 is 15.0 Å². The minimum absolute atomic E-state index is 0.0838. The molecule has 1 unspecified atom stereocenters. The van der Waals surface area contributed by atoms with Gasteiger partial charge in [-0.25, -0.2) is 4.79 Å². The van der Waals surface area contributed by atoms with E-state index in [2.05, 4.69) is 10.3 Å². The lowest BCUT2D eigenvalue weighted by molar-refractivity contribution is -0.123. The number of carbonyl (C=O) groups is 2. The number of ether oxygens (including phenoxy) is 1. The molecule has 0 saturated heterocycles. The van der Waals surface area contributed by atoms with Crippen LogP contribution in [0.2, 0.25) is 0 Å². The Bertz CT molecular complexity index is 1130. The molecule has 134 valence electrons. The molecule has 7 heteroatoms. The summed E-state index contributed by atoms with van der Waals surface area (Å²) in [5.74, 6) is -1.32. The number of esters is 1. The molecule has 0 fully saturated rings. The second kappa shape index (κ2) is 7.54. The quantitative estimate of drug-likeness (QED) is 0.694. The van der Waals surface area contributed by atoms with Crippen molar-refractivity contribution in [1.82, 2.24) is 4.98 Å². The van der Waals surface area contributed by atoms with Crippen molar-refractivity contribution in [2.45, 2.75) is 13.0 Å². The van der Waals surface area contributed by atoms with Gasteiger partial charge in [-0.1, -0.05) is 24.3 Å². The summed E-state index contributed by atoms with van der Waals surface area (Å²) in [6.45, 7) is 1.43. The molecule has 7 nitrogen and oxygen atoms in total. The molecule has 2 aromatic carbocycles. The summed E-state index contributed by atoms with van der Waals surface area (Å²) in [6.07, 6.45) is -1.10. The molecule has 0 radical (unpaired) electrons. The average molecular weight is 361 g/mol. The van der Waals surface area contributed by atoms with Gasteiger partial charge in [-0.3, -0.25) is 9.59 Å². The number of fused-ring (bicyclic) bond motifs is 1. The van der Waals surface area contributed by atoms with Crippen molar-refractivity contribution < 1.29 is 14.3 Å². The number of nitrogens with zero attached hydrogens (tertiary/aromatic N) is 1. The Kier molecular flexibility index (Phi) is 4.99. The van der Waals surface area contributed by atoms with Crippen LogP contribution in [0.5, 0.6) is 0 Å². The summed E-state index contributed by atoms with van der Waals surface area (Å²) in [6, 6.07) is 16.3. The van der Waals surface area contributed by atoms with Crippen molar-refractivity contribution in [2.24, 2.45) is 0 Å². The number of para-hydroxylation sites is 1. The van der Waals surface area contributed by atoms with E-state index in [-0.39, 0.29) is 5.56 Å². The van der Waals surface area contributed by atoms with Crippen LogP contribution in [0.25, 0.3) is 10.9 Å². The van der Waals surface area contributed by atoms with Crippen molar-refractivity contribution in [1.29, 1.82) is 5.26 Å². The van der Waals surface area contributed by atoms with E-state index in [0.717, 1.165) is 6.07 Å². The predicted octanol–water partition coefficient (Wildman–Crippen LogP) is 2.58. The third kappa shape index (κ3) is 4.02. The van der Waals surface area contributed by atoms with Crippen molar-refractivity contribution >= 4 is 28.5 Å². The molecular weight excluding hydrogens is 346 g/mol. The average Bonchev–Trinajstić information content (AvgIpc) is 2.67. The fourth-order valence-corrected chi connectivity index (χ4v) is 2.56. The van der Waals surface area contributed by atoms with Crippen LogP contribution in [-0.4, -0.2) is 23.0 Å².